The number of esters is 2. The standard InChI is InChI=1S/C20H26O7/c1-8-9-4-5-10-19(7-9,14(8)22)16(24)26-12-6-11(21)18(2,3)13-15(23)27-17(25)20(10,12)13/h9-15,21-23H,1,4-7H2,2-3H3. The minimum absolute atomic E-state index is 0.0275. The minimum Gasteiger partial charge on any atom is -0.461 e. The molecule has 2 saturated heterocycles. The van der Waals surface area contributed by atoms with E-state index in [9.17, 15) is 24.9 Å². The Morgan fingerprint density at radius 1 is 1.07 bits per heavy atom. The van der Waals surface area contributed by atoms with Crippen LogP contribution in [0, 0.1) is 34.0 Å². The summed E-state index contributed by atoms with van der Waals surface area (Å²) < 4.78 is 11.1. The van der Waals surface area contributed by atoms with Gasteiger partial charge in [0.05, 0.1) is 12.2 Å². The van der Waals surface area contributed by atoms with Crippen molar-refractivity contribution in [3.63, 3.8) is 0 Å². The van der Waals surface area contributed by atoms with Crippen LogP contribution in [0.5, 0.6) is 0 Å². The molecule has 3 saturated carbocycles. The normalized spacial score (nSPS) is 55.3. The second kappa shape index (κ2) is 4.93. The molecule has 0 aromatic carbocycles. The number of carbonyl (C=O) groups is 2. The molecule has 2 heterocycles. The Bertz CT molecular complexity index is 759. The van der Waals surface area contributed by atoms with E-state index in [1.807, 2.05) is 13.8 Å². The van der Waals surface area contributed by atoms with Crippen LogP contribution in [-0.4, -0.2) is 51.9 Å². The molecule has 0 amide bonds. The number of hydrogen-bond acceptors (Lipinski definition) is 7. The van der Waals surface area contributed by atoms with Crippen molar-refractivity contribution in [3.05, 3.63) is 12.2 Å². The molecule has 9 atom stereocenters. The Balaban J connectivity index is 1.75. The van der Waals surface area contributed by atoms with Gasteiger partial charge in [0.15, 0.2) is 0 Å². The zero-order valence-electron chi connectivity index (χ0n) is 15.6. The van der Waals surface area contributed by atoms with Crippen molar-refractivity contribution < 1.29 is 34.4 Å². The highest BCUT2D eigenvalue weighted by molar-refractivity contribution is 5.89. The van der Waals surface area contributed by atoms with Gasteiger partial charge in [-0.15, -0.1) is 0 Å². The van der Waals surface area contributed by atoms with E-state index in [2.05, 4.69) is 6.58 Å². The lowest BCUT2D eigenvalue weighted by Gasteiger charge is -2.61. The third kappa shape index (κ3) is 1.67. The maximum atomic E-state index is 13.2. The van der Waals surface area contributed by atoms with Crippen molar-refractivity contribution in [2.24, 2.45) is 34.0 Å². The van der Waals surface area contributed by atoms with Crippen molar-refractivity contribution in [1.82, 2.24) is 0 Å². The third-order valence-corrected chi connectivity index (χ3v) is 8.59. The Hall–Kier alpha value is -1.44. The fourth-order valence-electron chi connectivity index (χ4n) is 7.29. The summed E-state index contributed by atoms with van der Waals surface area (Å²) in [6.07, 6.45) is -2.37. The second-order valence-electron chi connectivity index (χ2n) is 9.72. The lowest BCUT2D eigenvalue weighted by Crippen LogP contribution is -2.71. The third-order valence-electron chi connectivity index (χ3n) is 8.59. The molecule has 5 aliphatic rings. The van der Waals surface area contributed by atoms with Crippen molar-refractivity contribution >= 4 is 11.9 Å². The average molecular weight is 378 g/mol. The van der Waals surface area contributed by atoms with Gasteiger partial charge in [-0.25, -0.2) is 0 Å². The minimum atomic E-state index is -1.38. The van der Waals surface area contributed by atoms with E-state index in [0.717, 1.165) is 6.42 Å². The maximum Gasteiger partial charge on any atom is 0.319 e. The van der Waals surface area contributed by atoms with Gasteiger partial charge in [-0.05, 0) is 36.7 Å². The van der Waals surface area contributed by atoms with Gasteiger partial charge in [0.2, 0.25) is 6.29 Å². The summed E-state index contributed by atoms with van der Waals surface area (Å²) in [7, 11) is 0. The number of carbonyl (C=O) groups excluding carboxylic acids is 2. The van der Waals surface area contributed by atoms with E-state index in [-0.39, 0.29) is 12.3 Å². The van der Waals surface area contributed by atoms with Gasteiger partial charge in [-0.2, -0.15) is 0 Å². The first kappa shape index (κ1) is 17.6. The molecule has 0 radical (unpaired) electrons. The fourth-order valence-corrected chi connectivity index (χ4v) is 7.29. The Morgan fingerprint density at radius 3 is 2.48 bits per heavy atom. The van der Waals surface area contributed by atoms with E-state index < -0.39 is 64.6 Å². The van der Waals surface area contributed by atoms with E-state index >= 15 is 0 Å². The molecular weight excluding hydrogens is 352 g/mol. The molecule has 2 aliphatic heterocycles. The molecule has 148 valence electrons. The van der Waals surface area contributed by atoms with Gasteiger partial charge in [0, 0.05) is 17.8 Å². The molecule has 0 aromatic rings. The van der Waals surface area contributed by atoms with E-state index in [1.165, 1.54) is 0 Å². The fraction of sp³-hybridized carbons (Fsp3) is 0.800. The molecule has 3 N–H and O–H groups in total. The Kier molecular flexibility index (Phi) is 3.22. The number of aliphatic hydroxyl groups is 3. The summed E-state index contributed by atoms with van der Waals surface area (Å²) in [5, 5.41) is 32.3. The van der Waals surface area contributed by atoms with Gasteiger partial charge < -0.3 is 24.8 Å². The van der Waals surface area contributed by atoms with Crippen molar-refractivity contribution in [2.75, 3.05) is 0 Å². The molecule has 0 aromatic heterocycles. The first-order chi connectivity index (χ1) is 12.6. The van der Waals surface area contributed by atoms with Gasteiger partial charge in [0.1, 0.15) is 16.9 Å². The van der Waals surface area contributed by atoms with Crippen LogP contribution in [0.2, 0.25) is 0 Å². The topological polar surface area (TPSA) is 113 Å². The highest BCUT2D eigenvalue weighted by atomic mass is 16.6. The van der Waals surface area contributed by atoms with Crippen LogP contribution >= 0.6 is 0 Å². The summed E-state index contributed by atoms with van der Waals surface area (Å²) in [6, 6.07) is 0. The molecule has 9 unspecified atom stereocenters. The largest absolute Gasteiger partial charge is 0.461 e. The number of hydrogen-bond donors (Lipinski definition) is 3. The molecule has 2 bridgehead atoms. The zero-order valence-corrected chi connectivity index (χ0v) is 15.6. The van der Waals surface area contributed by atoms with Crippen LogP contribution in [-0.2, 0) is 19.1 Å². The van der Waals surface area contributed by atoms with E-state index in [0.29, 0.717) is 18.4 Å². The monoisotopic (exact) mass is 378 g/mol. The second-order valence-corrected chi connectivity index (χ2v) is 9.72. The highest BCUT2D eigenvalue weighted by Crippen LogP contribution is 2.72. The number of fused-ring (bicyclic) bond motifs is 1. The van der Waals surface area contributed by atoms with Crippen molar-refractivity contribution in [2.45, 2.75) is 64.1 Å². The van der Waals surface area contributed by atoms with Gasteiger partial charge >= 0.3 is 11.9 Å². The number of aliphatic hydroxyl groups excluding tert-OH is 3. The molecule has 7 nitrogen and oxygen atoms in total. The van der Waals surface area contributed by atoms with E-state index in [1.54, 1.807) is 0 Å². The highest BCUT2D eigenvalue weighted by Gasteiger charge is 2.81. The zero-order chi connectivity index (χ0) is 19.5. The van der Waals surface area contributed by atoms with Crippen LogP contribution in [0.4, 0.5) is 0 Å². The molecule has 7 heteroatoms. The number of cyclic esters (lactones) is 1. The van der Waals surface area contributed by atoms with Gasteiger partial charge in [-0.1, -0.05) is 20.4 Å². The number of ether oxygens (including phenoxy) is 2. The predicted octanol–water partition coefficient (Wildman–Crippen LogP) is 0.514. The first-order valence-electron chi connectivity index (χ1n) is 9.74. The molecular formula is C20H26O7. The maximum absolute atomic E-state index is 13.2. The van der Waals surface area contributed by atoms with Crippen LogP contribution < -0.4 is 0 Å². The lowest BCUT2D eigenvalue weighted by molar-refractivity contribution is -0.261. The van der Waals surface area contributed by atoms with Crippen LogP contribution in [0.1, 0.15) is 39.5 Å². The van der Waals surface area contributed by atoms with E-state index in [4.69, 9.17) is 9.47 Å². The Labute approximate surface area is 157 Å². The van der Waals surface area contributed by atoms with Crippen molar-refractivity contribution in [3.8, 4) is 0 Å². The molecule has 27 heavy (non-hydrogen) atoms. The molecule has 5 rings (SSSR count). The van der Waals surface area contributed by atoms with Crippen LogP contribution in [0.3, 0.4) is 0 Å². The molecule has 2 spiro atoms. The smallest absolute Gasteiger partial charge is 0.319 e. The summed E-state index contributed by atoms with van der Waals surface area (Å²) in [5.74, 6) is -2.30. The van der Waals surface area contributed by atoms with Gasteiger partial charge in [0.25, 0.3) is 0 Å². The molecule has 5 fully saturated rings. The van der Waals surface area contributed by atoms with Crippen LogP contribution in [0.15, 0.2) is 12.2 Å². The first-order valence-corrected chi connectivity index (χ1v) is 9.74. The SMILES string of the molecule is C=C1C2CCC3C(C2)(C(=O)OC2CC(O)C(C)(C)C4C(O)OC(=O)C243)C1O. The summed E-state index contributed by atoms with van der Waals surface area (Å²) in [4.78, 5) is 26.4. The molecule has 3 aliphatic carbocycles. The van der Waals surface area contributed by atoms with Crippen LogP contribution in [0.25, 0.3) is 0 Å². The van der Waals surface area contributed by atoms with Gasteiger partial charge in [-0.3, -0.25) is 9.59 Å². The lowest BCUT2D eigenvalue weighted by atomic mass is 9.43. The number of rotatable bonds is 0. The predicted molar refractivity (Wildman–Crippen MR) is 90.7 cm³/mol. The quantitative estimate of drug-likeness (QED) is 0.416. The average Bonchev–Trinajstić information content (AvgIpc) is 2.97. The van der Waals surface area contributed by atoms with Crippen molar-refractivity contribution in [1.29, 1.82) is 0 Å². The summed E-state index contributed by atoms with van der Waals surface area (Å²) in [5.41, 5.74) is -2.67. The summed E-state index contributed by atoms with van der Waals surface area (Å²) in [6.45, 7) is 7.62. The summed E-state index contributed by atoms with van der Waals surface area (Å²) >= 11 is 0. The Morgan fingerprint density at radius 2 is 1.78 bits per heavy atom.